The van der Waals surface area contributed by atoms with Gasteiger partial charge < -0.3 is 4.74 Å². The monoisotopic (exact) mass is 248 g/mol. The van der Waals surface area contributed by atoms with Crippen LogP contribution in [0.25, 0.3) is 0 Å². The van der Waals surface area contributed by atoms with Crippen LogP contribution in [0.3, 0.4) is 0 Å². The average molecular weight is 248 g/mol. The van der Waals surface area contributed by atoms with Gasteiger partial charge in [0.2, 0.25) is 0 Å². The first-order valence-electron chi connectivity index (χ1n) is 3.73. The third-order valence-corrected chi connectivity index (χ3v) is 1.49. The summed E-state index contributed by atoms with van der Waals surface area (Å²) in [4.78, 5) is 0. The lowest BCUT2D eigenvalue weighted by Gasteiger charge is -2.13. The molecule has 8 heteroatoms. The summed E-state index contributed by atoms with van der Waals surface area (Å²) in [5.41, 5.74) is -1.49. The number of alkyl halides is 5. The molecular formula is C8H3F7O. The van der Waals surface area contributed by atoms with Crippen molar-refractivity contribution in [2.45, 2.75) is 12.8 Å². The van der Waals surface area contributed by atoms with E-state index in [1.54, 1.807) is 0 Å². The Labute approximate surface area is 84.4 Å². The lowest BCUT2D eigenvalue weighted by atomic mass is 10.2. The molecule has 0 saturated heterocycles. The quantitative estimate of drug-likeness (QED) is 0.723. The summed E-state index contributed by atoms with van der Waals surface area (Å²) in [6.45, 7) is 0. The molecule has 16 heavy (non-hydrogen) atoms. The first kappa shape index (κ1) is 12.6. The van der Waals surface area contributed by atoms with Crippen LogP contribution < -0.4 is 4.74 Å². The van der Waals surface area contributed by atoms with Gasteiger partial charge in [0.1, 0.15) is 5.82 Å². The van der Waals surface area contributed by atoms with Gasteiger partial charge in [-0.15, -0.1) is 13.2 Å². The lowest BCUT2D eigenvalue weighted by Crippen LogP contribution is -2.19. The molecule has 0 bridgehead atoms. The number of halogens is 7. The maximum atomic E-state index is 12.8. The van der Waals surface area contributed by atoms with E-state index in [-0.39, 0.29) is 12.1 Å². The summed E-state index contributed by atoms with van der Waals surface area (Å²) in [5, 5.41) is 0. The molecular weight excluding hydrogens is 245 g/mol. The van der Waals surface area contributed by atoms with Crippen LogP contribution in [-0.4, -0.2) is 6.36 Å². The Bertz CT molecular complexity index is 385. The maximum Gasteiger partial charge on any atom is 0.573 e. The molecule has 0 aromatic heterocycles. The van der Waals surface area contributed by atoms with E-state index in [1.807, 2.05) is 0 Å². The van der Waals surface area contributed by atoms with Crippen LogP contribution in [0.4, 0.5) is 30.7 Å². The molecule has 0 saturated carbocycles. The molecule has 0 N–H and O–H groups in total. The van der Waals surface area contributed by atoms with Crippen molar-refractivity contribution in [1.82, 2.24) is 0 Å². The molecule has 0 amide bonds. The zero-order chi connectivity index (χ0) is 12.5. The van der Waals surface area contributed by atoms with Gasteiger partial charge in [-0.3, -0.25) is 0 Å². The van der Waals surface area contributed by atoms with Crippen LogP contribution in [0.1, 0.15) is 12.0 Å². The molecule has 1 aromatic carbocycles. The van der Waals surface area contributed by atoms with E-state index in [2.05, 4.69) is 4.74 Å². The summed E-state index contributed by atoms with van der Waals surface area (Å²) in [5.74, 6) is -4.97. The molecule has 0 aliphatic heterocycles. The molecule has 0 atom stereocenters. The minimum atomic E-state index is -5.33. The summed E-state index contributed by atoms with van der Waals surface area (Å²) in [6.07, 6.45) is -8.81. The molecule has 0 aliphatic carbocycles. The summed E-state index contributed by atoms with van der Waals surface area (Å²) in [7, 11) is 0. The first-order chi connectivity index (χ1) is 7.20. The van der Waals surface area contributed by atoms with Crippen LogP contribution in [0.5, 0.6) is 5.75 Å². The third kappa shape index (κ3) is 3.01. The lowest BCUT2D eigenvalue weighted by molar-refractivity contribution is -0.276. The first-order valence-corrected chi connectivity index (χ1v) is 3.73. The van der Waals surface area contributed by atoms with Crippen molar-refractivity contribution in [2.24, 2.45) is 0 Å². The largest absolute Gasteiger partial charge is 0.573 e. The second-order valence-corrected chi connectivity index (χ2v) is 2.65. The Morgan fingerprint density at radius 1 is 1.06 bits per heavy atom. The SMILES string of the molecule is Fc1cc(F)c(OC(F)(F)F)c(C(F)F)c1. The van der Waals surface area contributed by atoms with E-state index in [0.29, 0.717) is 0 Å². The Hall–Kier alpha value is -1.47. The number of hydrogen-bond acceptors (Lipinski definition) is 1. The second kappa shape index (κ2) is 4.18. The Morgan fingerprint density at radius 3 is 2.06 bits per heavy atom. The molecule has 0 unspecified atom stereocenters. The average Bonchev–Trinajstić information content (AvgIpc) is 2.07. The Balaban J connectivity index is 3.25. The van der Waals surface area contributed by atoms with Crippen molar-refractivity contribution in [2.75, 3.05) is 0 Å². The van der Waals surface area contributed by atoms with Gasteiger partial charge in [-0.1, -0.05) is 0 Å². The van der Waals surface area contributed by atoms with Crippen molar-refractivity contribution in [3.8, 4) is 5.75 Å². The minimum Gasteiger partial charge on any atom is -0.402 e. The molecule has 0 fully saturated rings. The van der Waals surface area contributed by atoms with E-state index in [9.17, 15) is 30.7 Å². The predicted molar refractivity (Wildman–Crippen MR) is 38.0 cm³/mol. The summed E-state index contributed by atoms with van der Waals surface area (Å²) >= 11 is 0. The zero-order valence-corrected chi connectivity index (χ0v) is 7.29. The van der Waals surface area contributed by atoms with Crippen molar-refractivity contribution in [3.05, 3.63) is 29.3 Å². The van der Waals surface area contributed by atoms with Crippen molar-refractivity contribution in [1.29, 1.82) is 0 Å². The Kier molecular flexibility index (Phi) is 3.30. The van der Waals surface area contributed by atoms with Gasteiger partial charge >= 0.3 is 6.36 Å². The number of ether oxygens (including phenoxy) is 1. The zero-order valence-electron chi connectivity index (χ0n) is 7.29. The summed E-state index contributed by atoms with van der Waals surface area (Å²) in [6, 6.07) is 0.0990. The Morgan fingerprint density at radius 2 is 1.62 bits per heavy atom. The van der Waals surface area contributed by atoms with Crippen LogP contribution in [0.2, 0.25) is 0 Å². The van der Waals surface area contributed by atoms with E-state index >= 15 is 0 Å². The van der Waals surface area contributed by atoms with Gasteiger partial charge in [-0.05, 0) is 6.07 Å². The maximum absolute atomic E-state index is 12.8. The van der Waals surface area contributed by atoms with Crippen molar-refractivity contribution < 1.29 is 35.5 Å². The standard InChI is InChI=1S/C8H3F7O/c9-3-1-4(7(11)12)6(5(10)2-3)16-8(13,14)15/h1-2,7H. The highest BCUT2D eigenvalue weighted by atomic mass is 19.4. The molecule has 0 aliphatic rings. The van der Waals surface area contributed by atoms with Gasteiger partial charge in [0, 0.05) is 6.07 Å². The minimum absolute atomic E-state index is 0.0208. The van der Waals surface area contributed by atoms with E-state index in [4.69, 9.17) is 0 Å². The highest BCUT2D eigenvalue weighted by Crippen LogP contribution is 2.35. The second-order valence-electron chi connectivity index (χ2n) is 2.65. The van der Waals surface area contributed by atoms with Gasteiger partial charge in [-0.25, -0.2) is 17.6 Å². The van der Waals surface area contributed by atoms with Crippen LogP contribution in [-0.2, 0) is 0 Å². The van der Waals surface area contributed by atoms with Crippen molar-refractivity contribution in [3.63, 3.8) is 0 Å². The van der Waals surface area contributed by atoms with Gasteiger partial charge in [0.15, 0.2) is 11.6 Å². The normalized spacial score (nSPS) is 12.0. The fourth-order valence-corrected chi connectivity index (χ4v) is 0.966. The fraction of sp³-hybridized carbons (Fsp3) is 0.250. The van der Waals surface area contributed by atoms with Crippen molar-refractivity contribution >= 4 is 0 Å². The summed E-state index contributed by atoms with van der Waals surface area (Å²) < 4.78 is 87.9. The van der Waals surface area contributed by atoms with E-state index in [0.717, 1.165) is 0 Å². The van der Waals surface area contributed by atoms with Crippen LogP contribution in [0.15, 0.2) is 12.1 Å². The van der Waals surface area contributed by atoms with E-state index < -0.39 is 35.7 Å². The molecule has 0 spiro atoms. The predicted octanol–water partition coefficient (Wildman–Crippen LogP) is 3.80. The smallest absolute Gasteiger partial charge is 0.402 e. The molecule has 1 aromatic rings. The van der Waals surface area contributed by atoms with Crippen LogP contribution >= 0.6 is 0 Å². The molecule has 0 radical (unpaired) electrons. The van der Waals surface area contributed by atoms with Gasteiger partial charge in [0.05, 0.1) is 5.56 Å². The van der Waals surface area contributed by atoms with E-state index in [1.165, 1.54) is 0 Å². The number of hydrogen-bond donors (Lipinski definition) is 0. The highest BCUT2D eigenvalue weighted by Gasteiger charge is 2.35. The van der Waals surface area contributed by atoms with Crippen LogP contribution in [0, 0.1) is 11.6 Å². The fourth-order valence-electron chi connectivity index (χ4n) is 0.966. The van der Waals surface area contributed by atoms with Gasteiger partial charge in [-0.2, -0.15) is 0 Å². The number of benzene rings is 1. The molecule has 1 nitrogen and oxygen atoms in total. The topological polar surface area (TPSA) is 9.23 Å². The molecule has 0 heterocycles. The third-order valence-electron chi connectivity index (χ3n) is 1.49. The molecule has 1 rings (SSSR count). The highest BCUT2D eigenvalue weighted by molar-refractivity contribution is 5.36. The van der Waals surface area contributed by atoms with Gasteiger partial charge in [0.25, 0.3) is 6.43 Å². The number of rotatable bonds is 2. The molecule has 90 valence electrons.